The number of benzene rings is 1. The van der Waals surface area contributed by atoms with Crippen LogP contribution in [-0.2, 0) is 25.2 Å². The first-order chi connectivity index (χ1) is 19.2. The zero-order valence-corrected chi connectivity index (χ0v) is 23.4. The Labute approximate surface area is 235 Å². The first-order valence-corrected chi connectivity index (χ1v) is 13.6. The smallest absolute Gasteiger partial charge is 0.476 e. The topological polar surface area (TPSA) is 127 Å². The van der Waals surface area contributed by atoms with Crippen molar-refractivity contribution in [2.45, 2.75) is 77.0 Å². The molecule has 14 heteroatoms. The molecule has 0 radical (unpaired) electrons. The minimum absolute atomic E-state index is 0.0144. The van der Waals surface area contributed by atoms with Crippen molar-refractivity contribution in [1.82, 2.24) is 15.5 Å². The standard InChI is InChI=1S/C27H35F3N4O7/c1-5-22(35)31-8-10-34-19-11-17(18(27(28,29)30)12-20(19)41-26(3,4)24(34)37)23(36)32-16-7-6-9-33(13-16)14-21-15(2)39-25(38)40-21/h11-12,15-16,21H,5-10,13-14H2,1-4H3,(H,31,35)(H,32,36)/t15?,16-,21?/m1/s1. The van der Waals surface area contributed by atoms with E-state index in [0.717, 1.165) is 12.1 Å². The van der Waals surface area contributed by atoms with Crippen LogP contribution in [0.15, 0.2) is 12.1 Å². The molecule has 2 fully saturated rings. The molecule has 2 N–H and O–H groups in total. The van der Waals surface area contributed by atoms with Crippen LogP contribution in [0.3, 0.4) is 0 Å². The van der Waals surface area contributed by atoms with Gasteiger partial charge < -0.3 is 29.7 Å². The molecular weight excluding hydrogens is 549 g/mol. The quantitative estimate of drug-likeness (QED) is 0.447. The fourth-order valence-corrected chi connectivity index (χ4v) is 5.21. The number of amides is 3. The van der Waals surface area contributed by atoms with Gasteiger partial charge in [0.25, 0.3) is 11.8 Å². The fourth-order valence-electron chi connectivity index (χ4n) is 5.21. The van der Waals surface area contributed by atoms with E-state index in [1.807, 2.05) is 4.90 Å². The molecule has 0 aliphatic carbocycles. The van der Waals surface area contributed by atoms with E-state index < -0.39 is 59.1 Å². The first-order valence-electron chi connectivity index (χ1n) is 13.6. The summed E-state index contributed by atoms with van der Waals surface area (Å²) in [6, 6.07) is 1.32. The van der Waals surface area contributed by atoms with Crippen molar-refractivity contribution in [3.8, 4) is 5.75 Å². The Balaban J connectivity index is 1.57. The third-order valence-electron chi connectivity index (χ3n) is 7.38. The lowest BCUT2D eigenvalue weighted by molar-refractivity contribution is -0.138. The summed E-state index contributed by atoms with van der Waals surface area (Å²) in [5.74, 6) is -1.89. The molecular formula is C27H35F3N4O7. The molecule has 2 saturated heterocycles. The maximum Gasteiger partial charge on any atom is 0.509 e. The number of rotatable bonds is 8. The lowest BCUT2D eigenvalue weighted by atomic mass is 9.98. The molecule has 1 aromatic rings. The molecule has 3 atom stereocenters. The first kappa shape index (κ1) is 30.4. The van der Waals surface area contributed by atoms with Gasteiger partial charge in [-0.1, -0.05) is 6.92 Å². The molecule has 1 aromatic carbocycles. The summed E-state index contributed by atoms with van der Waals surface area (Å²) in [5.41, 5.74) is -3.27. The van der Waals surface area contributed by atoms with Crippen molar-refractivity contribution in [2.75, 3.05) is 37.6 Å². The van der Waals surface area contributed by atoms with Gasteiger partial charge in [0.1, 0.15) is 11.9 Å². The molecule has 0 spiro atoms. The molecule has 226 valence electrons. The van der Waals surface area contributed by atoms with Crippen molar-refractivity contribution in [3.05, 3.63) is 23.3 Å². The maximum atomic E-state index is 14.2. The number of anilines is 1. The van der Waals surface area contributed by atoms with E-state index in [2.05, 4.69) is 10.6 Å². The Kier molecular flexibility index (Phi) is 8.71. The number of hydrogen-bond acceptors (Lipinski definition) is 8. The summed E-state index contributed by atoms with van der Waals surface area (Å²) in [6.45, 7) is 7.68. The summed E-state index contributed by atoms with van der Waals surface area (Å²) in [7, 11) is 0. The summed E-state index contributed by atoms with van der Waals surface area (Å²) in [6.07, 6.45) is -5.09. The predicted molar refractivity (Wildman–Crippen MR) is 140 cm³/mol. The molecule has 3 amide bonds. The van der Waals surface area contributed by atoms with Crippen LogP contribution < -0.4 is 20.3 Å². The number of nitrogens with zero attached hydrogens (tertiary/aromatic N) is 2. The Bertz CT molecular complexity index is 1210. The normalized spacial score (nSPS) is 24.2. The van der Waals surface area contributed by atoms with Gasteiger partial charge in [0.05, 0.1) is 16.8 Å². The zero-order chi connectivity index (χ0) is 30.1. The van der Waals surface area contributed by atoms with Crippen molar-refractivity contribution in [3.63, 3.8) is 0 Å². The van der Waals surface area contributed by atoms with Crippen LogP contribution in [0.2, 0.25) is 0 Å². The lowest BCUT2D eigenvalue weighted by Gasteiger charge is -2.39. The van der Waals surface area contributed by atoms with E-state index in [-0.39, 0.29) is 36.9 Å². The molecule has 3 aliphatic heterocycles. The molecule has 0 aromatic heterocycles. The highest BCUT2D eigenvalue weighted by Gasteiger charge is 2.44. The zero-order valence-electron chi connectivity index (χ0n) is 23.4. The van der Waals surface area contributed by atoms with Crippen molar-refractivity contribution >= 4 is 29.6 Å². The van der Waals surface area contributed by atoms with E-state index in [9.17, 15) is 32.3 Å². The SMILES string of the molecule is CCC(=O)NCCN1C(=O)C(C)(C)Oc2cc(C(F)(F)F)c(C(=O)N[C@@H]3CCCN(CC4OC(=O)OC4C)C3)cc21. The third-order valence-corrected chi connectivity index (χ3v) is 7.38. The van der Waals surface area contributed by atoms with Gasteiger partial charge in [0.15, 0.2) is 11.7 Å². The number of fused-ring (bicyclic) bond motifs is 1. The number of nitrogens with one attached hydrogen (secondary N) is 2. The minimum Gasteiger partial charge on any atom is -0.476 e. The second-order valence-corrected chi connectivity index (χ2v) is 10.9. The molecule has 11 nitrogen and oxygen atoms in total. The maximum absolute atomic E-state index is 14.2. The third kappa shape index (κ3) is 6.85. The van der Waals surface area contributed by atoms with E-state index >= 15 is 0 Å². The van der Waals surface area contributed by atoms with E-state index in [0.29, 0.717) is 32.5 Å². The second-order valence-electron chi connectivity index (χ2n) is 10.9. The minimum atomic E-state index is -4.88. The van der Waals surface area contributed by atoms with Crippen LogP contribution in [0.25, 0.3) is 0 Å². The average Bonchev–Trinajstić information content (AvgIpc) is 3.20. The van der Waals surface area contributed by atoms with Gasteiger partial charge in [-0.3, -0.25) is 19.3 Å². The lowest BCUT2D eigenvalue weighted by Crippen LogP contribution is -2.54. The van der Waals surface area contributed by atoms with Gasteiger partial charge in [0.2, 0.25) is 5.91 Å². The molecule has 4 rings (SSSR count). The van der Waals surface area contributed by atoms with E-state index in [4.69, 9.17) is 14.2 Å². The summed E-state index contributed by atoms with van der Waals surface area (Å²) < 4.78 is 58.4. The van der Waals surface area contributed by atoms with Gasteiger partial charge in [-0.05, 0) is 52.3 Å². The Hall–Kier alpha value is -3.55. The molecule has 0 bridgehead atoms. The van der Waals surface area contributed by atoms with Crippen LogP contribution in [0.1, 0.15) is 62.9 Å². The number of alkyl halides is 3. The van der Waals surface area contributed by atoms with Gasteiger partial charge >= 0.3 is 12.3 Å². The van der Waals surface area contributed by atoms with Gasteiger partial charge in [0, 0.05) is 38.6 Å². The monoisotopic (exact) mass is 584 g/mol. The number of carbonyl (C=O) groups is 4. The van der Waals surface area contributed by atoms with Crippen LogP contribution in [0, 0.1) is 0 Å². The number of halogens is 3. The van der Waals surface area contributed by atoms with Gasteiger partial charge in [-0.2, -0.15) is 13.2 Å². The molecule has 2 unspecified atom stereocenters. The van der Waals surface area contributed by atoms with Crippen LogP contribution in [0.5, 0.6) is 5.75 Å². The van der Waals surface area contributed by atoms with Crippen LogP contribution in [0.4, 0.5) is 23.7 Å². The van der Waals surface area contributed by atoms with E-state index in [1.54, 1.807) is 13.8 Å². The number of carbonyl (C=O) groups excluding carboxylic acids is 4. The second kappa shape index (κ2) is 11.7. The van der Waals surface area contributed by atoms with Gasteiger partial charge in [-0.15, -0.1) is 0 Å². The predicted octanol–water partition coefficient (Wildman–Crippen LogP) is 2.85. The molecule has 0 saturated carbocycles. The number of piperidine rings is 1. The fraction of sp³-hybridized carbons (Fsp3) is 0.630. The summed E-state index contributed by atoms with van der Waals surface area (Å²) in [4.78, 5) is 52.8. The van der Waals surface area contributed by atoms with Gasteiger partial charge in [-0.25, -0.2) is 4.79 Å². The number of ether oxygens (including phenoxy) is 3. The highest BCUT2D eigenvalue weighted by molar-refractivity contribution is 6.05. The molecule has 41 heavy (non-hydrogen) atoms. The van der Waals surface area contributed by atoms with Crippen molar-refractivity contribution < 1.29 is 46.6 Å². The summed E-state index contributed by atoms with van der Waals surface area (Å²) >= 11 is 0. The highest BCUT2D eigenvalue weighted by atomic mass is 19.4. The number of cyclic esters (lactones) is 2. The van der Waals surface area contributed by atoms with Crippen molar-refractivity contribution in [1.29, 1.82) is 0 Å². The highest BCUT2D eigenvalue weighted by Crippen LogP contribution is 2.44. The Morgan fingerprint density at radius 3 is 2.54 bits per heavy atom. The summed E-state index contributed by atoms with van der Waals surface area (Å²) in [5, 5.41) is 5.36. The average molecular weight is 585 g/mol. The Morgan fingerprint density at radius 2 is 1.90 bits per heavy atom. The van der Waals surface area contributed by atoms with Crippen molar-refractivity contribution in [2.24, 2.45) is 0 Å². The molecule has 3 heterocycles. The Morgan fingerprint density at radius 1 is 1.17 bits per heavy atom. The van der Waals surface area contributed by atoms with Crippen LogP contribution in [-0.4, -0.2) is 85.4 Å². The number of hydrogen-bond donors (Lipinski definition) is 2. The number of likely N-dealkylation sites (tertiary alicyclic amines) is 1. The molecule has 3 aliphatic rings. The van der Waals surface area contributed by atoms with Crippen LogP contribution >= 0.6 is 0 Å². The van der Waals surface area contributed by atoms with E-state index in [1.165, 1.54) is 18.7 Å². The largest absolute Gasteiger partial charge is 0.509 e.